The van der Waals surface area contributed by atoms with Gasteiger partial charge in [0.05, 0.1) is 12.1 Å². The Morgan fingerprint density at radius 1 is 0.944 bits per heavy atom. The van der Waals surface area contributed by atoms with Gasteiger partial charge in [0.1, 0.15) is 0 Å². The van der Waals surface area contributed by atoms with Crippen LogP contribution < -0.4 is 10.6 Å². The van der Waals surface area contributed by atoms with E-state index in [1.807, 2.05) is 0 Å². The molecule has 0 heterocycles. The standard InChI is InChI=1S/C14H26N2O2/c1-10-6-2-3-7-11(10)15-14(18)16-12-8-4-5-9-13(12)17/h10-13,17H,2-9H2,1H3,(H2,15,16,18). The van der Waals surface area contributed by atoms with Gasteiger partial charge in [-0.2, -0.15) is 0 Å². The highest BCUT2D eigenvalue weighted by Gasteiger charge is 2.27. The van der Waals surface area contributed by atoms with Gasteiger partial charge in [-0.25, -0.2) is 4.79 Å². The maximum Gasteiger partial charge on any atom is 0.315 e. The van der Waals surface area contributed by atoms with Crippen LogP contribution in [0.25, 0.3) is 0 Å². The van der Waals surface area contributed by atoms with Crippen molar-refractivity contribution in [2.24, 2.45) is 5.92 Å². The zero-order valence-corrected chi connectivity index (χ0v) is 11.3. The van der Waals surface area contributed by atoms with Gasteiger partial charge in [0, 0.05) is 6.04 Å². The second kappa shape index (κ2) is 6.41. The summed E-state index contributed by atoms with van der Waals surface area (Å²) in [5, 5.41) is 15.8. The number of amides is 2. The number of aliphatic hydroxyl groups excluding tert-OH is 1. The molecule has 0 aromatic heterocycles. The van der Waals surface area contributed by atoms with E-state index in [9.17, 15) is 9.90 Å². The zero-order chi connectivity index (χ0) is 13.0. The van der Waals surface area contributed by atoms with Crippen molar-refractivity contribution in [2.45, 2.75) is 76.5 Å². The molecular formula is C14H26N2O2. The number of hydrogen-bond donors (Lipinski definition) is 3. The van der Waals surface area contributed by atoms with Crippen LogP contribution in [0, 0.1) is 5.92 Å². The fourth-order valence-electron chi connectivity index (χ4n) is 3.19. The van der Waals surface area contributed by atoms with Crippen LogP contribution in [0.1, 0.15) is 58.3 Å². The molecule has 4 unspecified atom stereocenters. The van der Waals surface area contributed by atoms with Gasteiger partial charge >= 0.3 is 6.03 Å². The average molecular weight is 254 g/mol. The first kappa shape index (κ1) is 13.7. The summed E-state index contributed by atoms with van der Waals surface area (Å²) >= 11 is 0. The highest BCUT2D eigenvalue weighted by atomic mass is 16.3. The highest BCUT2D eigenvalue weighted by Crippen LogP contribution is 2.24. The third-order valence-corrected chi connectivity index (χ3v) is 4.47. The maximum atomic E-state index is 11.9. The van der Waals surface area contributed by atoms with Crippen LogP contribution in [0.2, 0.25) is 0 Å². The van der Waals surface area contributed by atoms with E-state index in [1.165, 1.54) is 19.3 Å². The Morgan fingerprint density at radius 2 is 1.50 bits per heavy atom. The number of nitrogens with one attached hydrogen (secondary N) is 2. The number of aliphatic hydroxyl groups is 1. The molecule has 2 aliphatic rings. The topological polar surface area (TPSA) is 61.4 Å². The molecular weight excluding hydrogens is 228 g/mol. The van der Waals surface area contributed by atoms with E-state index in [2.05, 4.69) is 17.6 Å². The van der Waals surface area contributed by atoms with Crippen LogP contribution in [0.3, 0.4) is 0 Å². The van der Waals surface area contributed by atoms with Gasteiger partial charge in [-0.3, -0.25) is 0 Å². The van der Waals surface area contributed by atoms with E-state index < -0.39 is 0 Å². The molecule has 0 radical (unpaired) electrons. The quantitative estimate of drug-likeness (QED) is 0.707. The average Bonchev–Trinajstić information content (AvgIpc) is 2.35. The van der Waals surface area contributed by atoms with Gasteiger partial charge in [-0.05, 0) is 31.6 Å². The van der Waals surface area contributed by atoms with Crippen molar-refractivity contribution >= 4 is 6.03 Å². The molecule has 0 spiro atoms. The van der Waals surface area contributed by atoms with E-state index >= 15 is 0 Å². The lowest BCUT2D eigenvalue weighted by Crippen LogP contribution is -2.52. The molecule has 0 aromatic rings. The Balaban J connectivity index is 1.77. The molecule has 0 aromatic carbocycles. The summed E-state index contributed by atoms with van der Waals surface area (Å²) in [5.74, 6) is 0.570. The second-order valence-electron chi connectivity index (χ2n) is 5.94. The van der Waals surface area contributed by atoms with Crippen LogP contribution in [-0.4, -0.2) is 29.3 Å². The summed E-state index contributed by atoms with van der Waals surface area (Å²) in [7, 11) is 0. The van der Waals surface area contributed by atoms with Gasteiger partial charge in [0.2, 0.25) is 0 Å². The van der Waals surface area contributed by atoms with Crippen molar-refractivity contribution in [2.75, 3.05) is 0 Å². The minimum atomic E-state index is -0.367. The van der Waals surface area contributed by atoms with Crippen LogP contribution in [0.15, 0.2) is 0 Å². The van der Waals surface area contributed by atoms with Gasteiger partial charge in [0.25, 0.3) is 0 Å². The number of carbonyl (C=O) groups excluding carboxylic acids is 1. The van der Waals surface area contributed by atoms with Crippen molar-refractivity contribution in [3.05, 3.63) is 0 Å². The lowest BCUT2D eigenvalue weighted by Gasteiger charge is -2.32. The Kier molecular flexibility index (Phi) is 4.87. The number of hydrogen-bond acceptors (Lipinski definition) is 2. The van der Waals surface area contributed by atoms with Crippen LogP contribution in [-0.2, 0) is 0 Å². The highest BCUT2D eigenvalue weighted by molar-refractivity contribution is 5.74. The molecule has 0 aliphatic heterocycles. The lowest BCUT2D eigenvalue weighted by molar-refractivity contribution is 0.0935. The molecule has 2 aliphatic carbocycles. The largest absolute Gasteiger partial charge is 0.391 e. The van der Waals surface area contributed by atoms with Crippen molar-refractivity contribution < 1.29 is 9.90 Å². The third kappa shape index (κ3) is 3.61. The van der Waals surface area contributed by atoms with Gasteiger partial charge in [0.15, 0.2) is 0 Å². The van der Waals surface area contributed by atoms with Crippen LogP contribution in [0.5, 0.6) is 0 Å². The van der Waals surface area contributed by atoms with Crippen LogP contribution >= 0.6 is 0 Å². The SMILES string of the molecule is CC1CCCCC1NC(=O)NC1CCCCC1O. The van der Waals surface area contributed by atoms with Crippen LogP contribution in [0.4, 0.5) is 4.79 Å². The number of rotatable bonds is 2. The molecule has 2 saturated carbocycles. The van der Waals surface area contributed by atoms with Crippen molar-refractivity contribution in [3.8, 4) is 0 Å². The normalized spacial score (nSPS) is 37.0. The van der Waals surface area contributed by atoms with Gasteiger partial charge < -0.3 is 15.7 Å². The van der Waals surface area contributed by atoms with E-state index in [1.54, 1.807) is 0 Å². The summed E-state index contributed by atoms with van der Waals surface area (Å²) in [6, 6.07) is 0.150. The Hall–Kier alpha value is -0.770. The predicted molar refractivity (Wildman–Crippen MR) is 71.4 cm³/mol. The van der Waals surface area contributed by atoms with Gasteiger partial charge in [-0.1, -0.05) is 32.6 Å². The van der Waals surface area contributed by atoms with E-state index in [-0.39, 0.29) is 18.2 Å². The van der Waals surface area contributed by atoms with Crippen molar-refractivity contribution in [3.63, 3.8) is 0 Å². The first-order chi connectivity index (χ1) is 8.66. The molecule has 104 valence electrons. The summed E-state index contributed by atoms with van der Waals surface area (Å²) in [5.41, 5.74) is 0. The minimum Gasteiger partial charge on any atom is -0.391 e. The monoisotopic (exact) mass is 254 g/mol. The fraction of sp³-hybridized carbons (Fsp3) is 0.929. The molecule has 4 nitrogen and oxygen atoms in total. The summed E-state index contributed by atoms with van der Waals surface area (Å²) in [4.78, 5) is 11.9. The first-order valence-electron chi connectivity index (χ1n) is 7.42. The molecule has 3 N–H and O–H groups in total. The minimum absolute atomic E-state index is 0.0577. The molecule has 4 atom stereocenters. The van der Waals surface area contributed by atoms with E-state index in [0.29, 0.717) is 12.0 Å². The molecule has 18 heavy (non-hydrogen) atoms. The lowest BCUT2D eigenvalue weighted by atomic mass is 9.86. The maximum absolute atomic E-state index is 11.9. The summed E-state index contributed by atoms with van der Waals surface area (Å²) in [6.45, 7) is 2.21. The Bertz CT molecular complexity index is 257. The van der Waals surface area contributed by atoms with E-state index in [0.717, 1.165) is 32.1 Å². The second-order valence-corrected chi connectivity index (χ2v) is 5.94. The fourth-order valence-corrected chi connectivity index (χ4v) is 3.19. The Morgan fingerprint density at radius 3 is 2.17 bits per heavy atom. The first-order valence-corrected chi connectivity index (χ1v) is 7.42. The zero-order valence-electron chi connectivity index (χ0n) is 11.3. The molecule has 0 saturated heterocycles. The smallest absolute Gasteiger partial charge is 0.315 e. The summed E-state index contributed by atoms with van der Waals surface area (Å²) in [6.07, 6.45) is 8.29. The Labute approximate surface area is 110 Å². The molecule has 2 fully saturated rings. The van der Waals surface area contributed by atoms with Crippen molar-refractivity contribution in [1.29, 1.82) is 0 Å². The molecule has 2 amide bonds. The van der Waals surface area contributed by atoms with E-state index in [4.69, 9.17) is 0 Å². The molecule has 0 bridgehead atoms. The van der Waals surface area contributed by atoms with Gasteiger partial charge in [-0.15, -0.1) is 0 Å². The molecule has 4 heteroatoms. The molecule has 2 rings (SSSR count). The number of urea groups is 1. The number of carbonyl (C=O) groups is 1. The predicted octanol–water partition coefficient (Wildman–Crippen LogP) is 2.17. The van der Waals surface area contributed by atoms with Crippen molar-refractivity contribution in [1.82, 2.24) is 10.6 Å². The third-order valence-electron chi connectivity index (χ3n) is 4.47. The summed E-state index contributed by atoms with van der Waals surface area (Å²) < 4.78 is 0.